The molecular formula is C14H20N4O2. The number of aromatic nitrogens is 1. The van der Waals surface area contributed by atoms with Crippen molar-refractivity contribution < 1.29 is 4.92 Å². The molecule has 2 unspecified atom stereocenters. The summed E-state index contributed by atoms with van der Waals surface area (Å²) < 4.78 is 0. The maximum absolute atomic E-state index is 11.2. The fourth-order valence-corrected chi connectivity index (χ4v) is 3.43. The number of hydrogen-bond donors (Lipinski definition) is 1. The van der Waals surface area contributed by atoms with Crippen LogP contribution >= 0.6 is 0 Å². The van der Waals surface area contributed by atoms with Gasteiger partial charge in [-0.1, -0.05) is 0 Å². The lowest BCUT2D eigenvalue weighted by Gasteiger charge is -2.39. The van der Waals surface area contributed by atoms with Gasteiger partial charge in [0.15, 0.2) is 0 Å². The van der Waals surface area contributed by atoms with Crippen LogP contribution in [0.3, 0.4) is 0 Å². The minimum absolute atomic E-state index is 0.123. The standard InChI is InChI=1S/C14H20N4O2/c19-18(20)13-7-4-9-16-14(13)17-10-2-1-6-12(17)11-5-3-8-15-11/h4,7,9,11-12,15H,1-3,5-6,8,10H2. The topological polar surface area (TPSA) is 71.3 Å². The van der Waals surface area contributed by atoms with Gasteiger partial charge in [0.05, 0.1) is 4.92 Å². The lowest BCUT2D eigenvalue weighted by molar-refractivity contribution is -0.384. The van der Waals surface area contributed by atoms with E-state index in [2.05, 4.69) is 15.2 Å². The fraction of sp³-hybridized carbons (Fsp3) is 0.643. The van der Waals surface area contributed by atoms with E-state index in [0.717, 1.165) is 32.4 Å². The van der Waals surface area contributed by atoms with Crippen molar-refractivity contribution in [2.45, 2.75) is 44.2 Å². The molecule has 6 nitrogen and oxygen atoms in total. The van der Waals surface area contributed by atoms with Gasteiger partial charge < -0.3 is 10.2 Å². The first kappa shape index (κ1) is 13.3. The molecule has 0 amide bonds. The number of anilines is 1. The third-order valence-corrected chi connectivity index (χ3v) is 4.35. The van der Waals surface area contributed by atoms with Gasteiger partial charge in [-0.3, -0.25) is 10.1 Å². The molecule has 108 valence electrons. The van der Waals surface area contributed by atoms with E-state index in [0.29, 0.717) is 17.9 Å². The van der Waals surface area contributed by atoms with Crippen molar-refractivity contribution in [3.05, 3.63) is 28.4 Å². The maximum Gasteiger partial charge on any atom is 0.311 e. The smallest absolute Gasteiger partial charge is 0.311 e. The molecule has 2 aliphatic rings. The number of pyridine rings is 1. The van der Waals surface area contributed by atoms with Gasteiger partial charge in [-0.05, 0) is 44.7 Å². The summed E-state index contributed by atoms with van der Waals surface area (Å²) in [5.74, 6) is 0.538. The molecule has 3 heterocycles. The van der Waals surface area contributed by atoms with Gasteiger partial charge in [-0.25, -0.2) is 4.98 Å². The Morgan fingerprint density at radius 3 is 3.00 bits per heavy atom. The van der Waals surface area contributed by atoms with E-state index in [9.17, 15) is 10.1 Å². The Labute approximate surface area is 118 Å². The van der Waals surface area contributed by atoms with Crippen LogP contribution in [0.5, 0.6) is 0 Å². The van der Waals surface area contributed by atoms with E-state index in [-0.39, 0.29) is 10.6 Å². The molecule has 0 aliphatic carbocycles. The lowest BCUT2D eigenvalue weighted by Crippen LogP contribution is -2.50. The second-order valence-corrected chi connectivity index (χ2v) is 5.56. The predicted molar refractivity (Wildman–Crippen MR) is 76.9 cm³/mol. The zero-order chi connectivity index (χ0) is 13.9. The Balaban J connectivity index is 1.91. The molecule has 2 fully saturated rings. The van der Waals surface area contributed by atoms with Crippen molar-refractivity contribution in [1.29, 1.82) is 0 Å². The Bertz CT molecular complexity index is 488. The van der Waals surface area contributed by atoms with E-state index in [1.165, 1.54) is 12.8 Å². The van der Waals surface area contributed by atoms with Crippen LogP contribution in [0.15, 0.2) is 18.3 Å². The molecule has 3 rings (SSSR count). The lowest BCUT2D eigenvalue weighted by atomic mass is 9.94. The average Bonchev–Trinajstić information content (AvgIpc) is 3.01. The predicted octanol–water partition coefficient (Wildman–Crippen LogP) is 2.10. The van der Waals surface area contributed by atoms with Crippen LogP contribution in [0.2, 0.25) is 0 Å². The van der Waals surface area contributed by atoms with E-state index >= 15 is 0 Å². The van der Waals surface area contributed by atoms with Crippen molar-refractivity contribution in [3.8, 4) is 0 Å². The molecule has 0 bridgehead atoms. The second kappa shape index (κ2) is 5.75. The summed E-state index contributed by atoms with van der Waals surface area (Å²) in [4.78, 5) is 17.4. The molecule has 0 radical (unpaired) electrons. The number of nitro groups is 1. The molecule has 2 atom stereocenters. The number of nitrogens with zero attached hydrogens (tertiary/aromatic N) is 3. The molecule has 0 saturated carbocycles. The summed E-state index contributed by atoms with van der Waals surface area (Å²) in [6, 6.07) is 3.96. The monoisotopic (exact) mass is 276 g/mol. The van der Waals surface area contributed by atoms with Gasteiger partial charge in [0, 0.05) is 30.9 Å². The Kier molecular flexibility index (Phi) is 3.82. The van der Waals surface area contributed by atoms with E-state index in [1.807, 2.05) is 0 Å². The maximum atomic E-state index is 11.2. The highest BCUT2D eigenvalue weighted by molar-refractivity contribution is 5.58. The van der Waals surface area contributed by atoms with Crippen LogP contribution in [-0.2, 0) is 0 Å². The molecular weight excluding hydrogens is 256 g/mol. The highest BCUT2D eigenvalue weighted by atomic mass is 16.6. The summed E-state index contributed by atoms with van der Waals surface area (Å²) in [5, 5.41) is 14.8. The molecule has 2 aliphatic heterocycles. The number of nitrogens with one attached hydrogen (secondary N) is 1. The Morgan fingerprint density at radius 2 is 2.25 bits per heavy atom. The normalized spacial score (nSPS) is 26.7. The SMILES string of the molecule is O=[N+]([O-])c1cccnc1N1CCCCC1C1CCCN1. The van der Waals surface area contributed by atoms with Crippen LogP contribution in [-0.4, -0.2) is 35.1 Å². The van der Waals surface area contributed by atoms with Gasteiger partial charge in [0.1, 0.15) is 0 Å². The second-order valence-electron chi connectivity index (χ2n) is 5.56. The summed E-state index contributed by atoms with van der Waals surface area (Å²) in [6.07, 6.45) is 7.36. The first-order valence-electron chi connectivity index (χ1n) is 7.37. The quantitative estimate of drug-likeness (QED) is 0.676. The van der Waals surface area contributed by atoms with Gasteiger partial charge >= 0.3 is 5.69 Å². The van der Waals surface area contributed by atoms with Crippen LogP contribution in [0, 0.1) is 10.1 Å². The van der Waals surface area contributed by atoms with E-state index < -0.39 is 0 Å². The van der Waals surface area contributed by atoms with E-state index in [4.69, 9.17) is 0 Å². The van der Waals surface area contributed by atoms with Crippen molar-refractivity contribution in [2.75, 3.05) is 18.0 Å². The summed E-state index contributed by atoms with van der Waals surface area (Å²) >= 11 is 0. The summed E-state index contributed by atoms with van der Waals surface area (Å²) in [5.41, 5.74) is 0.123. The van der Waals surface area contributed by atoms with Gasteiger partial charge in [0.2, 0.25) is 5.82 Å². The van der Waals surface area contributed by atoms with Crippen LogP contribution in [0.1, 0.15) is 32.1 Å². The molecule has 6 heteroatoms. The molecule has 1 aromatic rings. The van der Waals surface area contributed by atoms with Crippen molar-refractivity contribution in [1.82, 2.24) is 10.3 Å². The summed E-state index contributed by atoms with van der Waals surface area (Å²) in [7, 11) is 0. The minimum Gasteiger partial charge on any atom is -0.346 e. The van der Waals surface area contributed by atoms with Gasteiger partial charge in [-0.2, -0.15) is 0 Å². The van der Waals surface area contributed by atoms with Crippen molar-refractivity contribution in [2.24, 2.45) is 0 Å². The van der Waals surface area contributed by atoms with E-state index in [1.54, 1.807) is 18.3 Å². The zero-order valence-corrected chi connectivity index (χ0v) is 11.5. The number of hydrogen-bond acceptors (Lipinski definition) is 5. The molecule has 2 saturated heterocycles. The Morgan fingerprint density at radius 1 is 1.35 bits per heavy atom. The van der Waals surface area contributed by atoms with Gasteiger partial charge in [0.25, 0.3) is 0 Å². The number of piperidine rings is 1. The number of rotatable bonds is 3. The summed E-state index contributed by atoms with van der Waals surface area (Å²) in [6.45, 7) is 1.92. The molecule has 20 heavy (non-hydrogen) atoms. The molecule has 0 spiro atoms. The van der Waals surface area contributed by atoms with Crippen LogP contribution in [0.25, 0.3) is 0 Å². The van der Waals surface area contributed by atoms with Crippen molar-refractivity contribution in [3.63, 3.8) is 0 Å². The third kappa shape index (κ3) is 2.47. The highest BCUT2D eigenvalue weighted by Gasteiger charge is 2.35. The third-order valence-electron chi connectivity index (χ3n) is 4.35. The van der Waals surface area contributed by atoms with Crippen LogP contribution < -0.4 is 10.2 Å². The Hall–Kier alpha value is -1.69. The minimum atomic E-state index is -0.323. The van der Waals surface area contributed by atoms with Gasteiger partial charge in [-0.15, -0.1) is 0 Å². The molecule has 0 aromatic carbocycles. The molecule has 1 N–H and O–H groups in total. The first-order valence-corrected chi connectivity index (χ1v) is 7.37. The zero-order valence-electron chi connectivity index (χ0n) is 11.5. The van der Waals surface area contributed by atoms with Crippen molar-refractivity contribution >= 4 is 11.5 Å². The molecule has 1 aromatic heterocycles. The highest BCUT2D eigenvalue weighted by Crippen LogP contribution is 2.33. The largest absolute Gasteiger partial charge is 0.346 e. The fourth-order valence-electron chi connectivity index (χ4n) is 3.43. The first-order chi connectivity index (χ1) is 9.77. The average molecular weight is 276 g/mol. The van der Waals surface area contributed by atoms with Crippen LogP contribution in [0.4, 0.5) is 11.5 Å².